The van der Waals surface area contributed by atoms with Crippen molar-refractivity contribution in [2.75, 3.05) is 6.61 Å². The molecule has 0 saturated heterocycles. The summed E-state index contributed by atoms with van der Waals surface area (Å²) in [5, 5.41) is 21.3. The molecule has 0 saturated carbocycles. The van der Waals surface area contributed by atoms with Crippen LogP contribution in [0.1, 0.15) is 22.8 Å². The third-order valence-electron chi connectivity index (χ3n) is 4.41. The Balaban J connectivity index is 2.03. The molecule has 150 valence electrons. The Bertz CT molecular complexity index is 1220. The molecule has 3 aromatic rings. The predicted molar refractivity (Wildman–Crippen MR) is 110 cm³/mol. The lowest BCUT2D eigenvalue weighted by molar-refractivity contribution is -0.384. The summed E-state index contributed by atoms with van der Waals surface area (Å²) in [6.45, 7) is 1.97. The van der Waals surface area contributed by atoms with E-state index in [0.29, 0.717) is 5.56 Å². The molecular weight excluding hydrogens is 386 g/mol. The van der Waals surface area contributed by atoms with Gasteiger partial charge in [-0.3, -0.25) is 19.7 Å². The van der Waals surface area contributed by atoms with Gasteiger partial charge in [0.25, 0.3) is 5.69 Å². The summed E-state index contributed by atoms with van der Waals surface area (Å²) in [5.74, 6) is -1.02. The van der Waals surface area contributed by atoms with Crippen molar-refractivity contribution in [2.45, 2.75) is 13.5 Å². The molecule has 0 amide bonds. The molecule has 8 heteroatoms. The van der Waals surface area contributed by atoms with Gasteiger partial charge >= 0.3 is 5.97 Å². The van der Waals surface area contributed by atoms with Crippen LogP contribution in [0.5, 0.6) is 0 Å². The maximum absolute atomic E-state index is 12.8. The van der Waals surface area contributed by atoms with Crippen LogP contribution in [0, 0.1) is 21.4 Å². The lowest BCUT2D eigenvalue weighted by Gasteiger charge is -2.04. The molecule has 0 atom stereocenters. The van der Waals surface area contributed by atoms with Gasteiger partial charge in [-0.15, -0.1) is 0 Å². The van der Waals surface area contributed by atoms with Crippen LogP contribution in [0.25, 0.3) is 17.0 Å². The molecule has 0 N–H and O–H groups in total. The Morgan fingerprint density at radius 3 is 2.70 bits per heavy atom. The molecule has 0 radical (unpaired) electrons. The fraction of sp³-hybridized carbons (Fsp3) is 0.136. The number of carbonyl (C=O) groups is 2. The summed E-state index contributed by atoms with van der Waals surface area (Å²) in [4.78, 5) is 35.0. The van der Waals surface area contributed by atoms with Crippen LogP contribution in [-0.4, -0.2) is 27.8 Å². The van der Waals surface area contributed by atoms with Crippen LogP contribution < -0.4 is 0 Å². The summed E-state index contributed by atoms with van der Waals surface area (Å²) in [6.07, 6.45) is 3.09. The Morgan fingerprint density at radius 2 is 2.00 bits per heavy atom. The molecule has 1 heterocycles. The third-order valence-corrected chi connectivity index (χ3v) is 4.41. The highest BCUT2D eigenvalue weighted by atomic mass is 16.6. The monoisotopic (exact) mass is 403 g/mol. The maximum Gasteiger partial charge on any atom is 0.325 e. The van der Waals surface area contributed by atoms with E-state index in [1.54, 1.807) is 17.7 Å². The number of hydrogen-bond donors (Lipinski definition) is 0. The molecule has 1 aromatic heterocycles. The molecule has 8 nitrogen and oxygen atoms in total. The molecular formula is C22H17N3O5. The number of non-ortho nitro benzene ring substituents is 1. The first-order valence-electron chi connectivity index (χ1n) is 9.09. The van der Waals surface area contributed by atoms with Crippen molar-refractivity contribution < 1.29 is 19.2 Å². The van der Waals surface area contributed by atoms with E-state index in [9.17, 15) is 25.0 Å². The second kappa shape index (κ2) is 8.84. The molecule has 30 heavy (non-hydrogen) atoms. The number of hydrogen-bond acceptors (Lipinski definition) is 6. The van der Waals surface area contributed by atoms with Crippen molar-refractivity contribution in [3.05, 3.63) is 81.5 Å². The maximum atomic E-state index is 12.8. The SMILES string of the molecule is CCOC(=O)Cn1cc(/C=C(\C#N)C(=O)c2cccc([N+](=O)[O-])c2)c2ccccc21. The number of ether oxygens (including phenoxy) is 1. The molecule has 0 bridgehead atoms. The van der Waals surface area contributed by atoms with E-state index in [4.69, 9.17) is 4.74 Å². The number of esters is 1. The first-order chi connectivity index (χ1) is 14.4. The van der Waals surface area contributed by atoms with Crippen molar-refractivity contribution in [3.8, 4) is 6.07 Å². The molecule has 3 rings (SSSR count). The zero-order chi connectivity index (χ0) is 21.7. The largest absolute Gasteiger partial charge is 0.465 e. The minimum atomic E-state index is -0.622. The van der Waals surface area contributed by atoms with E-state index in [0.717, 1.165) is 17.0 Å². The molecule has 0 aliphatic carbocycles. The van der Waals surface area contributed by atoms with E-state index >= 15 is 0 Å². The number of allylic oxidation sites excluding steroid dienone is 1. The second-order valence-corrected chi connectivity index (χ2v) is 6.34. The summed E-state index contributed by atoms with van der Waals surface area (Å²) in [6, 6.07) is 14.4. The quantitative estimate of drug-likeness (QED) is 0.148. The number of nitro benzene ring substituents is 1. The van der Waals surface area contributed by atoms with Crippen LogP contribution >= 0.6 is 0 Å². The number of benzene rings is 2. The van der Waals surface area contributed by atoms with Gasteiger partial charge in [-0.1, -0.05) is 30.3 Å². The number of nitro groups is 1. The van der Waals surface area contributed by atoms with Gasteiger partial charge in [-0.2, -0.15) is 5.26 Å². The standard InChI is InChI=1S/C22H17N3O5/c1-2-30-21(26)14-24-13-17(19-8-3-4-9-20(19)24)10-16(12-23)22(27)15-6-5-7-18(11-15)25(28)29/h3-11,13H,2,14H2,1H3/b16-10+. The van der Waals surface area contributed by atoms with Crippen LogP contribution in [0.4, 0.5) is 5.69 Å². The van der Waals surface area contributed by atoms with E-state index in [-0.39, 0.29) is 30.0 Å². The number of nitriles is 1. The topological polar surface area (TPSA) is 115 Å². The van der Waals surface area contributed by atoms with E-state index in [1.165, 1.54) is 24.3 Å². The summed E-state index contributed by atoms with van der Waals surface area (Å²) in [7, 11) is 0. The summed E-state index contributed by atoms with van der Waals surface area (Å²) in [5.41, 5.74) is 0.966. The minimum Gasteiger partial charge on any atom is -0.465 e. The van der Waals surface area contributed by atoms with Gasteiger partial charge in [0.2, 0.25) is 5.78 Å². The molecule has 2 aromatic carbocycles. The number of Topliss-reactive ketones (excluding diaryl/α,β-unsaturated/α-hetero) is 1. The van der Waals surface area contributed by atoms with Crippen molar-refractivity contribution in [3.63, 3.8) is 0 Å². The lowest BCUT2D eigenvalue weighted by atomic mass is 10.0. The van der Waals surface area contributed by atoms with Gasteiger partial charge in [0.15, 0.2) is 0 Å². The highest BCUT2D eigenvalue weighted by Crippen LogP contribution is 2.25. The van der Waals surface area contributed by atoms with E-state index in [1.807, 2.05) is 30.3 Å². The van der Waals surface area contributed by atoms with Crippen LogP contribution in [0.2, 0.25) is 0 Å². The molecule has 0 aliphatic heterocycles. The summed E-state index contributed by atoms with van der Waals surface area (Å²) < 4.78 is 6.68. The minimum absolute atomic E-state index is 0.0110. The second-order valence-electron chi connectivity index (χ2n) is 6.34. The smallest absolute Gasteiger partial charge is 0.325 e. The Kier molecular flexibility index (Phi) is 6.03. The number of para-hydroxylation sites is 1. The molecule has 0 fully saturated rings. The fourth-order valence-electron chi connectivity index (χ4n) is 3.09. The van der Waals surface area contributed by atoms with Crippen molar-refractivity contribution in [1.29, 1.82) is 5.26 Å². The molecule has 0 unspecified atom stereocenters. The first kappa shape index (κ1) is 20.5. The Morgan fingerprint density at radius 1 is 1.23 bits per heavy atom. The Labute approximate surface area is 171 Å². The average molecular weight is 403 g/mol. The molecule has 0 aliphatic rings. The van der Waals surface area contributed by atoms with Gasteiger partial charge < -0.3 is 9.30 Å². The third kappa shape index (κ3) is 4.25. The Hall–Kier alpha value is -4.25. The van der Waals surface area contributed by atoms with Crippen LogP contribution in [0.3, 0.4) is 0 Å². The number of fused-ring (bicyclic) bond motifs is 1. The zero-order valence-corrected chi connectivity index (χ0v) is 16.1. The van der Waals surface area contributed by atoms with Gasteiger partial charge in [-0.25, -0.2) is 0 Å². The van der Waals surface area contributed by atoms with E-state index < -0.39 is 16.7 Å². The fourth-order valence-corrected chi connectivity index (χ4v) is 3.09. The predicted octanol–water partition coefficient (Wildman–Crippen LogP) is 3.90. The normalized spacial score (nSPS) is 11.1. The van der Waals surface area contributed by atoms with Crippen LogP contribution in [-0.2, 0) is 16.1 Å². The van der Waals surface area contributed by atoms with E-state index in [2.05, 4.69) is 0 Å². The number of ketones is 1. The number of nitrogens with zero attached hydrogens (tertiary/aromatic N) is 3. The van der Waals surface area contributed by atoms with Gasteiger partial charge in [-0.05, 0) is 19.1 Å². The lowest BCUT2D eigenvalue weighted by Crippen LogP contribution is -2.12. The number of carbonyl (C=O) groups excluding carboxylic acids is 2. The van der Waals surface area contributed by atoms with Gasteiger partial charge in [0.05, 0.1) is 11.5 Å². The highest BCUT2D eigenvalue weighted by Gasteiger charge is 2.17. The number of aromatic nitrogens is 1. The van der Waals surface area contributed by atoms with Crippen LogP contribution in [0.15, 0.2) is 60.3 Å². The molecule has 0 spiro atoms. The zero-order valence-electron chi connectivity index (χ0n) is 16.1. The van der Waals surface area contributed by atoms with Crippen molar-refractivity contribution >= 4 is 34.4 Å². The van der Waals surface area contributed by atoms with Gasteiger partial charge in [0.1, 0.15) is 18.2 Å². The first-order valence-corrected chi connectivity index (χ1v) is 9.09. The number of rotatable bonds is 7. The summed E-state index contributed by atoms with van der Waals surface area (Å²) >= 11 is 0. The highest BCUT2D eigenvalue weighted by molar-refractivity contribution is 6.15. The van der Waals surface area contributed by atoms with Crippen molar-refractivity contribution in [1.82, 2.24) is 4.57 Å². The van der Waals surface area contributed by atoms with Gasteiger partial charge in [0, 0.05) is 40.4 Å². The van der Waals surface area contributed by atoms with Crippen molar-refractivity contribution in [2.24, 2.45) is 0 Å². The average Bonchev–Trinajstić information content (AvgIpc) is 3.09.